The van der Waals surface area contributed by atoms with Gasteiger partial charge in [0.1, 0.15) is 0 Å². The van der Waals surface area contributed by atoms with Gasteiger partial charge in [-0.15, -0.1) is 0 Å². The Morgan fingerprint density at radius 2 is 1.88 bits per heavy atom. The number of halogens is 1. The van der Waals surface area contributed by atoms with Crippen LogP contribution >= 0.6 is 11.6 Å². The van der Waals surface area contributed by atoms with Gasteiger partial charge in [-0.3, -0.25) is 9.78 Å². The van der Waals surface area contributed by atoms with E-state index in [1.165, 1.54) is 0 Å². The lowest BCUT2D eigenvalue weighted by atomic mass is 10.0. The van der Waals surface area contributed by atoms with Gasteiger partial charge < -0.3 is 9.88 Å². The minimum atomic E-state index is -0.0637. The summed E-state index contributed by atoms with van der Waals surface area (Å²) < 4.78 is 2.03. The van der Waals surface area contributed by atoms with E-state index in [1.54, 1.807) is 12.4 Å². The molecule has 1 aromatic carbocycles. The summed E-state index contributed by atoms with van der Waals surface area (Å²) in [5, 5.41) is 3.64. The second-order valence-electron chi connectivity index (χ2n) is 5.54. The second kappa shape index (κ2) is 7.79. The number of benzene rings is 1. The van der Waals surface area contributed by atoms with Crippen LogP contribution in [-0.2, 0) is 11.3 Å². The molecule has 4 nitrogen and oxygen atoms in total. The van der Waals surface area contributed by atoms with Crippen LogP contribution in [0.15, 0.2) is 73.3 Å². The number of carbonyl (C=O) groups is 1. The van der Waals surface area contributed by atoms with Crippen LogP contribution < -0.4 is 5.32 Å². The summed E-state index contributed by atoms with van der Waals surface area (Å²) in [6.45, 7) is 0.478. The lowest BCUT2D eigenvalue weighted by Gasteiger charge is -2.19. The predicted molar refractivity (Wildman–Crippen MR) is 94.7 cm³/mol. The van der Waals surface area contributed by atoms with E-state index in [9.17, 15) is 4.79 Å². The first-order chi connectivity index (χ1) is 11.7. The number of amides is 1. The normalized spacial score (nSPS) is 11.9. The number of nitrogens with zero attached hydrogens (tertiary/aromatic N) is 2. The summed E-state index contributed by atoms with van der Waals surface area (Å²) in [4.78, 5) is 16.4. The van der Waals surface area contributed by atoms with Crippen molar-refractivity contribution in [2.75, 3.05) is 0 Å². The van der Waals surface area contributed by atoms with E-state index in [0.29, 0.717) is 18.0 Å². The van der Waals surface area contributed by atoms with Crippen LogP contribution in [-0.4, -0.2) is 15.5 Å². The number of pyridine rings is 1. The third kappa shape index (κ3) is 4.24. The zero-order chi connectivity index (χ0) is 16.8. The summed E-state index contributed by atoms with van der Waals surface area (Å²) in [5.74, 6) is -0.00694. The minimum absolute atomic E-state index is 0.00694. The molecule has 24 heavy (non-hydrogen) atoms. The molecule has 0 aliphatic heterocycles. The largest absolute Gasteiger partial charge is 0.352 e. The molecule has 0 spiro atoms. The highest BCUT2D eigenvalue weighted by Gasteiger charge is 2.17. The van der Waals surface area contributed by atoms with E-state index < -0.39 is 0 Å². The standard InChI is InChI=1S/C19H18ClN3O/c20-17-7-5-16(6-8-17)18(23-10-1-2-11-23)12-19(24)22-14-15-4-3-9-21-13-15/h1-11,13,18H,12,14H2,(H,22,24)/t18-/m1/s1. The molecule has 0 bridgehead atoms. The van der Waals surface area contributed by atoms with E-state index in [2.05, 4.69) is 10.3 Å². The summed E-state index contributed by atoms with van der Waals surface area (Å²) in [7, 11) is 0. The summed E-state index contributed by atoms with van der Waals surface area (Å²) in [6.07, 6.45) is 7.76. The number of nitrogens with one attached hydrogen (secondary N) is 1. The molecule has 0 aliphatic carbocycles. The van der Waals surface area contributed by atoms with Gasteiger partial charge >= 0.3 is 0 Å². The highest BCUT2D eigenvalue weighted by Crippen LogP contribution is 2.24. The van der Waals surface area contributed by atoms with Crippen molar-refractivity contribution in [2.45, 2.75) is 19.0 Å². The van der Waals surface area contributed by atoms with Crippen LogP contribution in [0.5, 0.6) is 0 Å². The molecule has 2 heterocycles. The zero-order valence-corrected chi connectivity index (χ0v) is 13.9. The molecule has 1 N–H and O–H groups in total. The number of carbonyl (C=O) groups excluding carboxylic acids is 1. The first-order valence-corrected chi connectivity index (χ1v) is 8.14. The second-order valence-corrected chi connectivity index (χ2v) is 5.98. The van der Waals surface area contributed by atoms with Crippen LogP contribution in [0, 0.1) is 0 Å². The molecule has 0 unspecified atom stereocenters. The first-order valence-electron chi connectivity index (χ1n) is 7.76. The van der Waals surface area contributed by atoms with Gasteiger partial charge in [0.05, 0.1) is 12.5 Å². The Labute approximate surface area is 146 Å². The van der Waals surface area contributed by atoms with E-state index >= 15 is 0 Å². The highest BCUT2D eigenvalue weighted by atomic mass is 35.5. The van der Waals surface area contributed by atoms with Gasteiger partial charge in [0.25, 0.3) is 0 Å². The van der Waals surface area contributed by atoms with E-state index in [4.69, 9.17) is 11.6 Å². The number of aromatic nitrogens is 2. The summed E-state index contributed by atoms with van der Waals surface area (Å²) in [5.41, 5.74) is 2.03. The summed E-state index contributed by atoms with van der Waals surface area (Å²) in [6, 6.07) is 15.3. The minimum Gasteiger partial charge on any atom is -0.352 e. The maximum absolute atomic E-state index is 12.4. The van der Waals surface area contributed by atoms with Gasteiger partial charge in [-0.1, -0.05) is 29.8 Å². The monoisotopic (exact) mass is 339 g/mol. The molecule has 2 aromatic heterocycles. The van der Waals surface area contributed by atoms with Gasteiger partial charge in [0.15, 0.2) is 0 Å². The van der Waals surface area contributed by atoms with E-state index in [0.717, 1.165) is 11.1 Å². The van der Waals surface area contributed by atoms with Crippen molar-refractivity contribution in [3.8, 4) is 0 Å². The lowest BCUT2D eigenvalue weighted by Crippen LogP contribution is -2.26. The number of hydrogen-bond donors (Lipinski definition) is 1. The number of rotatable bonds is 6. The van der Waals surface area contributed by atoms with Gasteiger partial charge in [0.2, 0.25) is 5.91 Å². The van der Waals surface area contributed by atoms with Crippen molar-refractivity contribution < 1.29 is 4.79 Å². The maximum Gasteiger partial charge on any atom is 0.222 e. The van der Waals surface area contributed by atoms with Gasteiger partial charge in [-0.05, 0) is 41.5 Å². The molecular formula is C19H18ClN3O. The molecule has 3 rings (SSSR count). The van der Waals surface area contributed by atoms with Crippen LogP contribution in [0.2, 0.25) is 5.02 Å². The molecule has 0 radical (unpaired) electrons. The Hall–Kier alpha value is -2.59. The van der Waals surface area contributed by atoms with Crippen molar-refractivity contribution in [1.82, 2.24) is 14.9 Å². The fraction of sp³-hybridized carbons (Fsp3) is 0.158. The molecule has 0 saturated heterocycles. The molecule has 0 fully saturated rings. The fourth-order valence-corrected chi connectivity index (χ4v) is 2.71. The van der Waals surface area contributed by atoms with Crippen LogP contribution in [0.4, 0.5) is 0 Å². The van der Waals surface area contributed by atoms with Crippen LogP contribution in [0.3, 0.4) is 0 Å². The van der Waals surface area contributed by atoms with Crippen molar-refractivity contribution in [1.29, 1.82) is 0 Å². The topological polar surface area (TPSA) is 46.9 Å². The Kier molecular flexibility index (Phi) is 5.29. The van der Waals surface area contributed by atoms with E-state index in [-0.39, 0.29) is 11.9 Å². The third-order valence-electron chi connectivity index (χ3n) is 3.83. The van der Waals surface area contributed by atoms with Crippen molar-refractivity contribution in [3.05, 3.63) is 89.5 Å². The van der Waals surface area contributed by atoms with Crippen molar-refractivity contribution in [2.24, 2.45) is 0 Å². The molecule has 1 atom stereocenters. The fourth-order valence-electron chi connectivity index (χ4n) is 2.59. The van der Waals surface area contributed by atoms with Gasteiger partial charge in [0, 0.05) is 36.4 Å². The zero-order valence-electron chi connectivity index (χ0n) is 13.1. The summed E-state index contributed by atoms with van der Waals surface area (Å²) >= 11 is 5.97. The third-order valence-corrected chi connectivity index (χ3v) is 4.09. The van der Waals surface area contributed by atoms with Crippen LogP contribution in [0.25, 0.3) is 0 Å². The van der Waals surface area contributed by atoms with Crippen molar-refractivity contribution in [3.63, 3.8) is 0 Å². The first kappa shape index (κ1) is 16.3. The smallest absolute Gasteiger partial charge is 0.222 e. The SMILES string of the molecule is O=C(C[C@H](c1ccc(Cl)cc1)n1cccc1)NCc1cccnc1. The predicted octanol–water partition coefficient (Wildman–Crippen LogP) is 3.83. The van der Waals surface area contributed by atoms with Crippen molar-refractivity contribution >= 4 is 17.5 Å². The number of hydrogen-bond acceptors (Lipinski definition) is 2. The molecule has 5 heteroatoms. The van der Waals surface area contributed by atoms with Gasteiger partial charge in [-0.2, -0.15) is 0 Å². The molecule has 0 saturated carbocycles. The quantitative estimate of drug-likeness (QED) is 0.741. The Morgan fingerprint density at radius 1 is 1.12 bits per heavy atom. The molecule has 0 aliphatic rings. The molecular weight excluding hydrogens is 322 g/mol. The lowest BCUT2D eigenvalue weighted by molar-refractivity contribution is -0.121. The van der Waals surface area contributed by atoms with E-state index in [1.807, 2.05) is 65.5 Å². The molecule has 3 aromatic rings. The van der Waals surface area contributed by atoms with Gasteiger partial charge in [-0.25, -0.2) is 0 Å². The Balaban J connectivity index is 1.70. The molecule has 122 valence electrons. The molecule has 1 amide bonds. The maximum atomic E-state index is 12.4. The Bertz CT molecular complexity index is 770. The highest BCUT2D eigenvalue weighted by molar-refractivity contribution is 6.30. The Morgan fingerprint density at radius 3 is 2.54 bits per heavy atom. The van der Waals surface area contributed by atoms with Crippen LogP contribution in [0.1, 0.15) is 23.6 Å². The average Bonchev–Trinajstić information content (AvgIpc) is 3.14. The average molecular weight is 340 g/mol.